The third kappa shape index (κ3) is 3.17. The van der Waals surface area contributed by atoms with Gasteiger partial charge >= 0.3 is 0 Å². The van der Waals surface area contributed by atoms with Crippen molar-refractivity contribution in [1.82, 2.24) is 0 Å². The first-order valence-corrected chi connectivity index (χ1v) is 6.50. The molecule has 0 spiro atoms. The van der Waals surface area contributed by atoms with Gasteiger partial charge in [-0.1, -0.05) is 13.3 Å². The molecule has 2 atom stereocenters. The molecular weight excluding hydrogens is 187 g/mol. The van der Waals surface area contributed by atoms with Gasteiger partial charge in [0, 0.05) is 6.42 Å². The van der Waals surface area contributed by atoms with Crippen molar-refractivity contribution >= 4 is 8.15 Å². The number of ether oxygens (including phenoxy) is 1. The van der Waals surface area contributed by atoms with Crippen LogP contribution in [0.2, 0.25) is 0 Å². The zero-order valence-electron chi connectivity index (χ0n) is 8.20. The number of unbranched alkanes of at least 4 members (excludes halogenated alkanes) is 1. The SMILES string of the molecule is CCCCOC1(O)CCCCP1O. The zero-order chi connectivity index (χ0) is 9.73. The Balaban J connectivity index is 2.33. The molecule has 3 nitrogen and oxygen atoms in total. The molecule has 1 rings (SSSR count). The second kappa shape index (κ2) is 5.26. The summed E-state index contributed by atoms with van der Waals surface area (Å²) < 4.78 is 5.36. The van der Waals surface area contributed by atoms with Gasteiger partial charge in [0.05, 0.1) is 14.8 Å². The summed E-state index contributed by atoms with van der Waals surface area (Å²) in [6.45, 7) is 2.64. The molecule has 1 heterocycles. The lowest BCUT2D eigenvalue weighted by Gasteiger charge is -2.35. The highest BCUT2D eigenvalue weighted by Crippen LogP contribution is 2.51. The molecule has 0 aliphatic carbocycles. The van der Waals surface area contributed by atoms with Crippen LogP contribution < -0.4 is 0 Å². The van der Waals surface area contributed by atoms with Gasteiger partial charge in [-0.05, 0) is 25.4 Å². The Bertz CT molecular complexity index is 154. The van der Waals surface area contributed by atoms with E-state index in [0.29, 0.717) is 13.0 Å². The summed E-state index contributed by atoms with van der Waals surface area (Å²) in [5, 5.41) is 9.92. The first-order chi connectivity index (χ1) is 6.19. The molecule has 0 aromatic carbocycles. The minimum absolute atomic E-state index is 0.562. The highest BCUT2D eigenvalue weighted by molar-refractivity contribution is 7.52. The molecule has 0 aromatic heterocycles. The summed E-state index contributed by atoms with van der Waals surface area (Å²) in [6, 6.07) is 0. The van der Waals surface area contributed by atoms with Crippen LogP contribution >= 0.6 is 8.15 Å². The maximum absolute atomic E-state index is 9.92. The topological polar surface area (TPSA) is 49.7 Å². The van der Waals surface area contributed by atoms with Crippen molar-refractivity contribution in [3.8, 4) is 0 Å². The first-order valence-electron chi connectivity index (χ1n) is 5.02. The molecule has 0 bridgehead atoms. The quantitative estimate of drug-likeness (QED) is 0.420. The Morgan fingerprint density at radius 1 is 1.46 bits per heavy atom. The molecule has 1 aliphatic rings. The minimum Gasteiger partial charge on any atom is -0.368 e. The van der Waals surface area contributed by atoms with Crippen LogP contribution in [0.1, 0.15) is 39.0 Å². The number of hydrogen-bond acceptors (Lipinski definition) is 3. The molecule has 0 aromatic rings. The summed E-state index contributed by atoms with van der Waals surface area (Å²) in [5.74, 6) is 0. The normalized spacial score (nSPS) is 34.8. The molecule has 1 saturated heterocycles. The fraction of sp³-hybridized carbons (Fsp3) is 1.00. The molecule has 2 N–H and O–H groups in total. The molecule has 2 unspecified atom stereocenters. The van der Waals surface area contributed by atoms with E-state index in [4.69, 9.17) is 4.74 Å². The van der Waals surface area contributed by atoms with Gasteiger partial charge in [-0.2, -0.15) is 0 Å². The number of hydrogen-bond donors (Lipinski definition) is 2. The predicted octanol–water partition coefficient (Wildman–Crippen LogP) is 2.02. The van der Waals surface area contributed by atoms with Gasteiger partial charge in [0.2, 0.25) is 5.53 Å². The van der Waals surface area contributed by atoms with E-state index in [-0.39, 0.29) is 0 Å². The Morgan fingerprint density at radius 3 is 2.85 bits per heavy atom. The van der Waals surface area contributed by atoms with Gasteiger partial charge in [-0.3, -0.25) is 0 Å². The molecule has 0 radical (unpaired) electrons. The second-order valence-electron chi connectivity index (χ2n) is 3.53. The molecular formula is C9H19O3P. The van der Waals surface area contributed by atoms with Crippen LogP contribution in [0, 0.1) is 0 Å². The van der Waals surface area contributed by atoms with Crippen molar-refractivity contribution in [3.63, 3.8) is 0 Å². The van der Waals surface area contributed by atoms with Crippen LogP contribution in [0.25, 0.3) is 0 Å². The molecule has 0 saturated carbocycles. The van der Waals surface area contributed by atoms with E-state index in [1.165, 1.54) is 0 Å². The molecule has 4 heteroatoms. The third-order valence-corrected chi connectivity index (χ3v) is 4.26. The van der Waals surface area contributed by atoms with Crippen LogP contribution in [0.3, 0.4) is 0 Å². The van der Waals surface area contributed by atoms with Crippen LogP contribution in [0.4, 0.5) is 0 Å². The number of aliphatic hydroxyl groups is 1. The molecule has 0 amide bonds. The number of rotatable bonds is 4. The van der Waals surface area contributed by atoms with E-state index in [9.17, 15) is 10.00 Å². The largest absolute Gasteiger partial charge is 0.368 e. The zero-order valence-corrected chi connectivity index (χ0v) is 9.09. The second-order valence-corrected chi connectivity index (χ2v) is 5.47. The van der Waals surface area contributed by atoms with Crippen molar-refractivity contribution in [1.29, 1.82) is 0 Å². The lowest BCUT2D eigenvalue weighted by atomic mass is 10.2. The summed E-state index contributed by atoms with van der Waals surface area (Å²) >= 11 is 0. The van der Waals surface area contributed by atoms with Crippen molar-refractivity contribution in [2.45, 2.75) is 44.6 Å². The lowest BCUT2D eigenvalue weighted by Crippen LogP contribution is -2.34. The Labute approximate surface area is 80.9 Å². The summed E-state index contributed by atoms with van der Waals surface area (Å²) in [6.07, 6.45) is 5.30. The molecule has 1 fully saturated rings. The average molecular weight is 206 g/mol. The third-order valence-electron chi connectivity index (χ3n) is 2.36. The van der Waals surface area contributed by atoms with Crippen molar-refractivity contribution in [2.24, 2.45) is 0 Å². The van der Waals surface area contributed by atoms with E-state index >= 15 is 0 Å². The van der Waals surface area contributed by atoms with Crippen LogP contribution in [0.5, 0.6) is 0 Å². The van der Waals surface area contributed by atoms with E-state index < -0.39 is 13.7 Å². The Hall–Kier alpha value is 0.310. The summed E-state index contributed by atoms with van der Waals surface area (Å²) in [7, 11) is -1.32. The fourth-order valence-electron chi connectivity index (χ4n) is 1.45. The Kier molecular flexibility index (Phi) is 4.60. The van der Waals surface area contributed by atoms with Gasteiger partial charge < -0.3 is 14.7 Å². The fourth-order valence-corrected chi connectivity index (χ4v) is 2.98. The lowest BCUT2D eigenvalue weighted by molar-refractivity contribution is -0.148. The minimum atomic E-state index is -1.32. The van der Waals surface area contributed by atoms with Crippen molar-refractivity contribution in [3.05, 3.63) is 0 Å². The average Bonchev–Trinajstić information content (AvgIpc) is 2.11. The van der Waals surface area contributed by atoms with E-state index in [1.807, 2.05) is 0 Å². The van der Waals surface area contributed by atoms with Crippen molar-refractivity contribution < 1.29 is 14.7 Å². The van der Waals surface area contributed by atoms with Gasteiger partial charge in [0.25, 0.3) is 0 Å². The first kappa shape index (κ1) is 11.4. The highest BCUT2D eigenvalue weighted by atomic mass is 31.1. The van der Waals surface area contributed by atoms with E-state index in [0.717, 1.165) is 31.8 Å². The molecule has 13 heavy (non-hydrogen) atoms. The van der Waals surface area contributed by atoms with Gasteiger partial charge in [-0.25, -0.2) is 0 Å². The standard InChI is InChI=1S/C9H19O3P/c1-2-3-7-12-9(10)6-4-5-8-13(9)11/h10-11H,2-8H2,1H3. The van der Waals surface area contributed by atoms with E-state index in [2.05, 4.69) is 6.92 Å². The van der Waals surface area contributed by atoms with Crippen LogP contribution in [-0.4, -0.2) is 28.3 Å². The monoisotopic (exact) mass is 206 g/mol. The highest BCUT2D eigenvalue weighted by Gasteiger charge is 2.39. The van der Waals surface area contributed by atoms with Gasteiger partial charge in [-0.15, -0.1) is 0 Å². The van der Waals surface area contributed by atoms with Crippen LogP contribution in [0.15, 0.2) is 0 Å². The van der Waals surface area contributed by atoms with Gasteiger partial charge in [0.1, 0.15) is 0 Å². The predicted molar refractivity (Wildman–Crippen MR) is 53.7 cm³/mol. The molecule has 78 valence electrons. The Morgan fingerprint density at radius 2 is 2.23 bits per heavy atom. The summed E-state index contributed by atoms with van der Waals surface area (Å²) in [5.41, 5.74) is -1.19. The van der Waals surface area contributed by atoms with E-state index in [1.54, 1.807) is 0 Å². The van der Waals surface area contributed by atoms with Crippen molar-refractivity contribution in [2.75, 3.05) is 12.8 Å². The van der Waals surface area contributed by atoms with Crippen LogP contribution in [-0.2, 0) is 4.74 Å². The van der Waals surface area contributed by atoms with Gasteiger partial charge in [0.15, 0.2) is 0 Å². The summed E-state index contributed by atoms with van der Waals surface area (Å²) in [4.78, 5) is 9.62. The maximum atomic E-state index is 9.92. The smallest absolute Gasteiger partial charge is 0.209 e. The molecule has 1 aliphatic heterocycles. The maximum Gasteiger partial charge on any atom is 0.209 e.